The lowest BCUT2D eigenvalue weighted by Gasteiger charge is -2.05. The van der Waals surface area contributed by atoms with Gasteiger partial charge in [0.2, 0.25) is 11.8 Å². The van der Waals surface area contributed by atoms with Crippen molar-refractivity contribution in [1.82, 2.24) is 4.98 Å². The number of anilines is 1. The number of aryl methyl sites for hydroxylation is 1. The van der Waals surface area contributed by atoms with Gasteiger partial charge in [0, 0.05) is 16.8 Å². The summed E-state index contributed by atoms with van der Waals surface area (Å²) in [6, 6.07) is 12.5. The average molecular weight is 352 g/mol. The van der Waals surface area contributed by atoms with Crippen LogP contribution in [0.4, 0.5) is 10.1 Å². The summed E-state index contributed by atoms with van der Waals surface area (Å²) in [6.45, 7) is 3.21. The summed E-state index contributed by atoms with van der Waals surface area (Å²) in [4.78, 5) is 27.8. The normalized spacial score (nSPS) is 10.6. The second kappa shape index (κ2) is 7.31. The van der Waals surface area contributed by atoms with Crippen molar-refractivity contribution in [2.75, 3.05) is 5.32 Å². The van der Waals surface area contributed by atoms with E-state index in [2.05, 4.69) is 10.3 Å². The van der Waals surface area contributed by atoms with Crippen molar-refractivity contribution in [2.45, 2.75) is 20.3 Å². The van der Waals surface area contributed by atoms with E-state index in [1.165, 1.54) is 19.1 Å². The van der Waals surface area contributed by atoms with E-state index in [9.17, 15) is 14.0 Å². The second-order valence-corrected chi connectivity index (χ2v) is 5.89. The highest BCUT2D eigenvalue weighted by molar-refractivity contribution is 5.96. The van der Waals surface area contributed by atoms with Gasteiger partial charge in [-0.25, -0.2) is 9.37 Å². The Labute approximate surface area is 149 Å². The maximum atomic E-state index is 13.0. The van der Waals surface area contributed by atoms with Gasteiger partial charge in [0.15, 0.2) is 5.78 Å². The van der Waals surface area contributed by atoms with E-state index in [0.29, 0.717) is 34.2 Å². The van der Waals surface area contributed by atoms with E-state index in [4.69, 9.17) is 4.42 Å². The van der Waals surface area contributed by atoms with Gasteiger partial charge in [0.1, 0.15) is 11.6 Å². The molecule has 0 aliphatic heterocycles. The van der Waals surface area contributed by atoms with E-state index in [-0.39, 0.29) is 23.9 Å². The largest absolute Gasteiger partial charge is 0.441 e. The van der Waals surface area contributed by atoms with Gasteiger partial charge >= 0.3 is 0 Å². The standard InChI is InChI=1S/C20H17FN2O3/c1-12(24)14-5-9-17(10-6-14)22-19(25)11-18-13(2)26-20(23-18)15-3-7-16(21)8-4-15/h3-10H,11H2,1-2H3,(H,22,25). The Morgan fingerprint density at radius 2 is 1.73 bits per heavy atom. The molecule has 3 rings (SSSR count). The van der Waals surface area contributed by atoms with Crippen molar-refractivity contribution >= 4 is 17.4 Å². The Morgan fingerprint density at radius 3 is 2.35 bits per heavy atom. The summed E-state index contributed by atoms with van der Waals surface area (Å²) in [7, 11) is 0. The minimum absolute atomic E-state index is 0.0329. The number of rotatable bonds is 5. The molecule has 0 spiro atoms. The molecular weight excluding hydrogens is 335 g/mol. The van der Waals surface area contributed by atoms with E-state index in [1.54, 1.807) is 43.3 Å². The van der Waals surface area contributed by atoms with Gasteiger partial charge in [-0.05, 0) is 62.4 Å². The molecule has 5 nitrogen and oxygen atoms in total. The molecule has 6 heteroatoms. The van der Waals surface area contributed by atoms with E-state index >= 15 is 0 Å². The van der Waals surface area contributed by atoms with Crippen LogP contribution in [0.15, 0.2) is 52.9 Å². The number of benzene rings is 2. The highest BCUT2D eigenvalue weighted by Gasteiger charge is 2.15. The molecule has 1 aromatic heterocycles. The van der Waals surface area contributed by atoms with Gasteiger partial charge in [-0.15, -0.1) is 0 Å². The number of amides is 1. The predicted octanol–water partition coefficient (Wildman–Crippen LogP) is 4.17. The molecule has 3 aromatic rings. The number of ketones is 1. The topological polar surface area (TPSA) is 72.2 Å². The van der Waals surface area contributed by atoms with Crippen molar-refractivity contribution in [1.29, 1.82) is 0 Å². The van der Waals surface area contributed by atoms with Crippen molar-refractivity contribution in [3.63, 3.8) is 0 Å². The third-order valence-electron chi connectivity index (χ3n) is 3.89. The fraction of sp³-hybridized carbons (Fsp3) is 0.150. The van der Waals surface area contributed by atoms with E-state index in [0.717, 1.165) is 0 Å². The number of hydrogen-bond donors (Lipinski definition) is 1. The van der Waals surface area contributed by atoms with Crippen LogP contribution in [0.2, 0.25) is 0 Å². The minimum atomic E-state index is -0.340. The van der Waals surface area contributed by atoms with Crippen molar-refractivity contribution in [2.24, 2.45) is 0 Å². The number of nitrogens with one attached hydrogen (secondary N) is 1. The van der Waals surface area contributed by atoms with Gasteiger partial charge in [-0.1, -0.05) is 0 Å². The zero-order valence-electron chi connectivity index (χ0n) is 14.4. The number of oxazole rings is 1. The van der Waals surface area contributed by atoms with Gasteiger partial charge in [-0.2, -0.15) is 0 Å². The van der Waals surface area contributed by atoms with Crippen LogP contribution in [0, 0.1) is 12.7 Å². The summed E-state index contributed by atoms with van der Waals surface area (Å²) in [5.74, 6) is 0.256. The Bertz CT molecular complexity index is 944. The zero-order chi connectivity index (χ0) is 18.7. The van der Waals surface area contributed by atoms with Crippen molar-refractivity contribution < 1.29 is 18.4 Å². The van der Waals surface area contributed by atoms with Crippen LogP contribution in [0.3, 0.4) is 0 Å². The predicted molar refractivity (Wildman–Crippen MR) is 95.4 cm³/mol. The molecule has 26 heavy (non-hydrogen) atoms. The van der Waals surface area contributed by atoms with E-state index in [1.807, 2.05) is 0 Å². The number of Topliss-reactive ketones (excluding diaryl/α,β-unsaturated/α-hetero) is 1. The molecule has 0 unspecified atom stereocenters. The van der Waals surface area contributed by atoms with Crippen LogP contribution < -0.4 is 5.32 Å². The molecule has 132 valence electrons. The maximum Gasteiger partial charge on any atom is 0.230 e. The minimum Gasteiger partial charge on any atom is -0.441 e. The average Bonchev–Trinajstić information content (AvgIpc) is 2.96. The lowest BCUT2D eigenvalue weighted by Crippen LogP contribution is -2.15. The van der Waals surface area contributed by atoms with Gasteiger partial charge in [-0.3, -0.25) is 9.59 Å². The summed E-state index contributed by atoms with van der Waals surface area (Å²) < 4.78 is 18.6. The fourth-order valence-corrected chi connectivity index (χ4v) is 2.45. The zero-order valence-corrected chi connectivity index (χ0v) is 14.4. The van der Waals surface area contributed by atoms with E-state index < -0.39 is 0 Å². The molecule has 0 radical (unpaired) electrons. The Balaban J connectivity index is 1.69. The lowest BCUT2D eigenvalue weighted by atomic mass is 10.1. The Hall–Kier alpha value is -3.28. The molecule has 0 bridgehead atoms. The number of hydrogen-bond acceptors (Lipinski definition) is 4. The van der Waals surface area contributed by atoms with Crippen LogP contribution in [0.5, 0.6) is 0 Å². The second-order valence-electron chi connectivity index (χ2n) is 5.89. The quantitative estimate of drug-likeness (QED) is 0.700. The molecule has 0 aliphatic rings. The van der Waals surface area contributed by atoms with Gasteiger partial charge < -0.3 is 9.73 Å². The van der Waals surface area contributed by atoms with Crippen molar-refractivity contribution in [3.8, 4) is 11.5 Å². The van der Waals surface area contributed by atoms with Crippen LogP contribution in [0.25, 0.3) is 11.5 Å². The SMILES string of the molecule is CC(=O)c1ccc(NC(=O)Cc2nc(-c3ccc(F)cc3)oc2C)cc1. The van der Waals surface area contributed by atoms with Crippen LogP contribution >= 0.6 is 0 Å². The molecule has 0 atom stereocenters. The smallest absolute Gasteiger partial charge is 0.230 e. The summed E-state index contributed by atoms with van der Waals surface area (Å²) in [6.07, 6.45) is 0.0466. The molecule has 1 amide bonds. The molecular formula is C20H17FN2O3. The lowest BCUT2D eigenvalue weighted by molar-refractivity contribution is -0.115. The van der Waals surface area contributed by atoms with Crippen molar-refractivity contribution in [3.05, 3.63) is 71.4 Å². The Kier molecular flexibility index (Phi) is 4.93. The Morgan fingerprint density at radius 1 is 1.08 bits per heavy atom. The van der Waals surface area contributed by atoms with Gasteiger partial charge in [0.25, 0.3) is 0 Å². The highest BCUT2D eigenvalue weighted by atomic mass is 19.1. The number of nitrogens with zero attached hydrogens (tertiary/aromatic N) is 1. The summed E-state index contributed by atoms with van der Waals surface area (Å²) in [5.41, 5.74) is 2.34. The number of aromatic nitrogens is 1. The fourth-order valence-electron chi connectivity index (χ4n) is 2.45. The number of carbonyl (C=O) groups is 2. The first-order valence-electron chi connectivity index (χ1n) is 8.05. The molecule has 0 fully saturated rings. The first-order valence-corrected chi connectivity index (χ1v) is 8.05. The molecule has 1 heterocycles. The summed E-state index contributed by atoms with van der Waals surface area (Å²) >= 11 is 0. The first kappa shape index (κ1) is 17.5. The first-order chi connectivity index (χ1) is 12.4. The van der Waals surface area contributed by atoms with Gasteiger partial charge in [0.05, 0.1) is 12.1 Å². The van der Waals surface area contributed by atoms with Crippen LogP contribution in [-0.4, -0.2) is 16.7 Å². The maximum absolute atomic E-state index is 13.0. The molecule has 2 aromatic carbocycles. The molecule has 0 saturated carbocycles. The molecule has 1 N–H and O–H groups in total. The third kappa shape index (κ3) is 4.03. The number of halogens is 1. The third-order valence-corrected chi connectivity index (χ3v) is 3.89. The summed E-state index contributed by atoms with van der Waals surface area (Å²) in [5, 5.41) is 2.76. The molecule has 0 aliphatic carbocycles. The van der Waals surface area contributed by atoms with Crippen LogP contribution in [-0.2, 0) is 11.2 Å². The molecule has 0 saturated heterocycles. The highest BCUT2D eigenvalue weighted by Crippen LogP contribution is 2.22. The van der Waals surface area contributed by atoms with Crippen LogP contribution in [0.1, 0.15) is 28.7 Å². The monoisotopic (exact) mass is 352 g/mol. The number of carbonyl (C=O) groups excluding carboxylic acids is 2.